The van der Waals surface area contributed by atoms with Crippen molar-refractivity contribution < 1.29 is 22.1 Å². The second kappa shape index (κ2) is 6.42. The van der Waals surface area contributed by atoms with Gasteiger partial charge in [-0.2, -0.15) is 8.42 Å². The molecule has 0 radical (unpaired) electrons. The Morgan fingerprint density at radius 3 is 2.40 bits per heavy atom. The molecule has 130 valence electrons. The van der Waals surface area contributed by atoms with E-state index in [2.05, 4.69) is 0 Å². The van der Waals surface area contributed by atoms with Crippen LogP contribution in [0.1, 0.15) is 18.1 Å². The Morgan fingerprint density at radius 1 is 1.08 bits per heavy atom. The monoisotopic (exact) mass is 358 g/mol. The van der Waals surface area contributed by atoms with E-state index in [1.807, 2.05) is 40.8 Å². The van der Waals surface area contributed by atoms with Crippen LogP contribution in [0.15, 0.2) is 47.4 Å². The predicted molar refractivity (Wildman–Crippen MR) is 100 cm³/mol. The summed E-state index contributed by atoms with van der Waals surface area (Å²) in [6.07, 6.45) is -0.0537. The molecule has 0 amide bonds. The molecule has 0 N–H and O–H groups in total. The lowest BCUT2D eigenvalue weighted by Gasteiger charge is -2.17. The van der Waals surface area contributed by atoms with Crippen LogP contribution in [-0.2, 0) is 20.7 Å². The molecule has 2 aromatic rings. The molecule has 5 nitrogen and oxygen atoms in total. The quantitative estimate of drug-likeness (QED) is 0.589. The summed E-state index contributed by atoms with van der Waals surface area (Å²) in [5.74, 6) is 1.35. The van der Waals surface area contributed by atoms with Gasteiger partial charge in [-0.15, -0.1) is 0 Å². The van der Waals surface area contributed by atoms with Gasteiger partial charge in [-0.25, -0.2) is 0 Å². The maximum atomic E-state index is 12.3. The van der Waals surface area contributed by atoms with Crippen LogP contribution in [0.25, 0.3) is 0 Å². The van der Waals surface area contributed by atoms with Gasteiger partial charge in [0.2, 0.25) is 0 Å². The Kier molecular flexibility index (Phi) is 4.60. The Morgan fingerprint density at radius 2 is 1.72 bits per heavy atom. The number of benzene rings is 2. The van der Waals surface area contributed by atoms with E-state index < -0.39 is 21.8 Å². The van der Waals surface area contributed by atoms with E-state index in [4.69, 9.17) is 13.7 Å². The molecule has 1 atom stereocenters. The molecular formula is C17H20B2O5S. The van der Waals surface area contributed by atoms with Gasteiger partial charge < -0.3 is 9.47 Å². The largest absolute Gasteiger partial charge is 0.467 e. The normalized spacial score (nSPS) is 16.6. The van der Waals surface area contributed by atoms with Crippen molar-refractivity contribution in [2.45, 2.75) is 36.9 Å². The lowest BCUT2D eigenvalue weighted by Crippen LogP contribution is -2.39. The fourth-order valence-corrected chi connectivity index (χ4v) is 3.82. The van der Waals surface area contributed by atoms with Crippen LogP contribution in [-0.4, -0.2) is 35.8 Å². The minimum atomic E-state index is -3.78. The first-order valence-corrected chi connectivity index (χ1v) is 9.56. The summed E-state index contributed by atoms with van der Waals surface area (Å²) in [7, 11) is -0.103. The molecule has 3 rings (SSSR count). The first-order valence-electron chi connectivity index (χ1n) is 8.15. The second-order valence-electron chi connectivity index (χ2n) is 6.76. The molecule has 1 aliphatic heterocycles. The summed E-state index contributed by atoms with van der Waals surface area (Å²) in [6, 6.07) is 12.2. The second-order valence-corrected chi connectivity index (χ2v) is 8.34. The van der Waals surface area contributed by atoms with Crippen molar-refractivity contribution in [3.05, 3.63) is 53.6 Å². The summed E-state index contributed by atoms with van der Waals surface area (Å²) in [5.41, 5.74) is 1.24. The van der Waals surface area contributed by atoms with Gasteiger partial charge in [0.05, 0.1) is 11.0 Å². The smallest absolute Gasteiger partial charge is 0.297 e. The Labute approximate surface area is 150 Å². The molecular weight excluding hydrogens is 338 g/mol. The molecule has 0 saturated heterocycles. The van der Waals surface area contributed by atoms with Crippen LogP contribution in [0.2, 0.25) is 0 Å². The number of hydrogen-bond acceptors (Lipinski definition) is 5. The van der Waals surface area contributed by atoms with Gasteiger partial charge in [0.25, 0.3) is 10.1 Å². The third-order valence-electron chi connectivity index (χ3n) is 3.84. The highest BCUT2D eigenvalue weighted by atomic mass is 32.2. The number of hydrogen-bond donors (Lipinski definition) is 0. The number of aryl methyl sites for hydroxylation is 1. The van der Waals surface area contributed by atoms with Crippen LogP contribution < -0.4 is 9.47 Å². The van der Waals surface area contributed by atoms with Gasteiger partial charge in [0.15, 0.2) is 32.8 Å². The lowest BCUT2D eigenvalue weighted by molar-refractivity contribution is 0.0833. The third kappa shape index (κ3) is 4.19. The third-order valence-corrected chi connectivity index (χ3v) is 5.27. The van der Waals surface area contributed by atoms with Crippen molar-refractivity contribution in [2.75, 3.05) is 0 Å². The minimum Gasteiger partial charge on any atom is -0.467 e. The standard InChI is InChI=1S/C17H20B2O5S/c1-11-3-6-14(7-4-11)25(20,21)24-12(2)9-13-5-8-15-16(10-13)23-17(18,19)22-15/h3-8,10,12H,9,18-19H2,1-2H3/t12-/m1/s1. The maximum Gasteiger partial charge on any atom is 0.297 e. The van der Waals surface area contributed by atoms with Crippen LogP contribution >= 0.6 is 0 Å². The molecule has 0 fully saturated rings. The molecule has 25 heavy (non-hydrogen) atoms. The zero-order valence-electron chi connectivity index (χ0n) is 14.8. The van der Waals surface area contributed by atoms with Gasteiger partial charge in [-0.1, -0.05) is 23.8 Å². The minimum absolute atomic E-state index is 0.164. The van der Waals surface area contributed by atoms with Crippen LogP contribution in [0.5, 0.6) is 11.5 Å². The van der Waals surface area contributed by atoms with E-state index in [-0.39, 0.29) is 4.90 Å². The van der Waals surface area contributed by atoms with Crippen molar-refractivity contribution >= 4 is 25.8 Å². The van der Waals surface area contributed by atoms with E-state index in [9.17, 15) is 8.42 Å². The lowest BCUT2D eigenvalue weighted by atomic mass is 9.76. The molecule has 2 aromatic carbocycles. The molecule has 8 heteroatoms. The first kappa shape index (κ1) is 17.9. The highest BCUT2D eigenvalue weighted by Gasteiger charge is 2.31. The van der Waals surface area contributed by atoms with Gasteiger partial charge in [0, 0.05) is 0 Å². The summed E-state index contributed by atoms with van der Waals surface area (Å²) < 4.78 is 41.4. The summed E-state index contributed by atoms with van der Waals surface area (Å²) in [6.45, 7) is 3.64. The molecule has 1 aliphatic rings. The van der Waals surface area contributed by atoms with Crippen molar-refractivity contribution in [3.8, 4) is 11.5 Å². The molecule has 0 spiro atoms. The van der Waals surface area contributed by atoms with E-state index in [1.54, 1.807) is 31.2 Å². The van der Waals surface area contributed by atoms with Gasteiger partial charge in [0.1, 0.15) is 0 Å². The predicted octanol–water partition coefficient (Wildman–Crippen LogP) is 0.980. The van der Waals surface area contributed by atoms with Gasteiger partial charge in [-0.05, 0) is 50.1 Å². The molecule has 0 aliphatic carbocycles. The topological polar surface area (TPSA) is 61.8 Å². The van der Waals surface area contributed by atoms with Crippen molar-refractivity contribution in [2.24, 2.45) is 0 Å². The number of fused-ring (bicyclic) bond motifs is 1. The van der Waals surface area contributed by atoms with Gasteiger partial charge >= 0.3 is 0 Å². The fraction of sp³-hybridized carbons (Fsp3) is 0.294. The Hall–Kier alpha value is -1.92. The average molecular weight is 358 g/mol. The summed E-state index contributed by atoms with van der Waals surface area (Å²) >= 11 is 0. The van der Waals surface area contributed by atoms with E-state index in [0.717, 1.165) is 11.1 Å². The molecule has 0 saturated carbocycles. The first-order chi connectivity index (χ1) is 11.6. The molecule has 0 unspecified atom stereocenters. The summed E-state index contributed by atoms with van der Waals surface area (Å²) in [4.78, 5) is 0.164. The molecule has 0 aromatic heterocycles. The van der Waals surface area contributed by atoms with Crippen LogP contribution in [0.4, 0.5) is 0 Å². The fourth-order valence-electron chi connectivity index (χ4n) is 2.74. The van der Waals surface area contributed by atoms with Crippen molar-refractivity contribution in [3.63, 3.8) is 0 Å². The summed E-state index contributed by atoms with van der Waals surface area (Å²) in [5, 5.41) is 0. The molecule has 1 heterocycles. The van der Waals surface area contributed by atoms with E-state index >= 15 is 0 Å². The van der Waals surface area contributed by atoms with E-state index in [1.165, 1.54) is 0 Å². The highest BCUT2D eigenvalue weighted by molar-refractivity contribution is 7.86. The molecule has 0 bridgehead atoms. The van der Waals surface area contributed by atoms with Crippen LogP contribution in [0.3, 0.4) is 0 Å². The van der Waals surface area contributed by atoms with Crippen molar-refractivity contribution in [1.29, 1.82) is 0 Å². The maximum absolute atomic E-state index is 12.3. The van der Waals surface area contributed by atoms with Gasteiger partial charge in [-0.3, -0.25) is 4.18 Å². The average Bonchev–Trinajstić information content (AvgIpc) is 2.80. The van der Waals surface area contributed by atoms with E-state index in [0.29, 0.717) is 17.9 Å². The van der Waals surface area contributed by atoms with Crippen molar-refractivity contribution in [1.82, 2.24) is 0 Å². The highest BCUT2D eigenvalue weighted by Crippen LogP contribution is 2.37. The Bertz CT molecular complexity index is 878. The Balaban J connectivity index is 1.69. The zero-order chi connectivity index (χ0) is 18.2. The number of rotatable bonds is 5. The van der Waals surface area contributed by atoms with Crippen LogP contribution in [0, 0.1) is 6.92 Å². The zero-order valence-corrected chi connectivity index (χ0v) is 15.6. The SMILES string of the molecule is BC1(B)Oc2ccc(C[C@@H](C)OS(=O)(=O)c3ccc(C)cc3)cc2O1. The number of ether oxygens (including phenoxy) is 2.